The zero-order chi connectivity index (χ0) is 20.3. The molecule has 0 saturated heterocycles. The summed E-state index contributed by atoms with van der Waals surface area (Å²) in [5.74, 6) is 0.0960. The Morgan fingerprint density at radius 2 is 1.46 bits per heavy atom. The number of benzene rings is 2. The number of hydrogen-bond donors (Lipinski definition) is 0. The second-order valence-corrected chi connectivity index (χ2v) is 6.42. The highest BCUT2D eigenvalue weighted by Crippen LogP contribution is 2.39. The standard InChI is InChI=1S/C21H20O7/c1-12(22)25-17-7-4-15(5-8-17)21-20(27-14(3)24)10-16-6-9-18(26-13(2)23)11-19(16)28-21/h4-9,11,20-21H,10H2,1-3H3/t20-,21+/m0/s1. The number of esters is 3. The summed E-state index contributed by atoms with van der Waals surface area (Å²) in [5.41, 5.74) is 1.60. The smallest absolute Gasteiger partial charge is 0.308 e. The first-order chi connectivity index (χ1) is 13.3. The van der Waals surface area contributed by atoms with Crippen LogP contribution in [0.15, 0.2) is 42.5 Å². The number of carbonyl (C=O) groups excluding carboxylic acids is 3. The van der Waals surface area contributed by atoms with E-state index in [1.807, 2.05) is 0 Å². The Kier molecular flexibility index (Phi) is 5.63. The van der Waals surface area contributed by atoms with Gasteiger partial charge in [0.1, 0.15) is 23.4 Å². The first-order valence-electron chi connectivity index (χ1n) is 8.75. The van der Waals surface area contributed by atoms with E-state index in [1.165, 1.54) is 20.8 Å². The summed E-state index contributed by atoms with van der Waals surface area (Å²) in [4.78, 5) is 33.8. The number of fused-ring (bicyclic) bond motifs is 1. The van der Waals surface area contributed by atoms with Gasteiger partial charge in [0.25, 0.3) is 0 Å². The zero-order valence-corrected chi connectivity index (χ0v) is 15.8. The van der Waals surface area contributed by atoms with Gasteiger partial charge in [0, 0.05) is 33.3 Å². The van der Waals surface area contributed by atoms with Crippen LogP contribution in [0.4, 0.5) is 0 Å². The molecule has 0 aromatic heterocycles. The normalized spacial score (nSPS) is 17.7. The summed E-state index contributed by atoms with van der Waals surface area (Å²) in [6.07, 6.45) is -0.634. The fourth-order valence-corrected chi connectivity index (χ4v) is 3.07. The predicted molar refractivity (Wildman–Crippen MR) is 98.1 cm³/mol. The molecule has 7 nitrogen and oxygen atoms in total. The molecule has 2 aromatic rings. The van der Waals surface area contributed by atoms with Crippen molar-refractivity contribution in [3.8, 4) is 17.2 Å². The van der Waals surface area contributed by atoms with Gasteiger partial charge in [0.05, 0.1) is 0 Å². The molecule has 1 aliphatic heterocycles. The van der Waals surface area contributed by atoms with Crippen LogP contribution >= 0.6 is 0 Å². The molecule has 0 amide bonds. The Balaban J connectivity index is 1.90. The van der Waals surface area contributed by atoms with Gasteiger partial charge < -0.3 is 18.9 Å². The van der Waals surface area contributed by atoms with Gasteiger partial charge in [-0.15, -0.1) is 0 Å². The Morgan fingerprint density at radius 3 is 2.07 bits per heavy atom. The lowest BCUT2D eigenvalue weighted by atomic mass is 9.94. The SMILES string of the molecule is CC(=O)Oc1ccc([C@H]2Oc3cc(OC(C)=O)ccc3C[C@@H]2OC(C)=O)cc1. The molecule has 7 heteroatoms. The van der Waals surface area contributed by atoms with E-state index < -0.39 is 30.1 Å². The van der Waals surface area contributed by atoms with Gasteiger partial charge in [0.15, 0.2) is 6.10 Å². The summed E-state index contributed by atoms with van der Waals surface area (Å²) in [7, 11) is 0. The third-order valence-electron chi connectivity index (χ3n) is 4.10. The summed E-state index contributed by atoms with van der Waals surface area (Å²) in [6, 6.07) is 11.9. The molecule has 0 bridgehead atoms. The summed E-state index contributed by atoms with van der Waals surface area (Å²) < 4.78 is 21.7. The average molecular weight is 384 g/mol. The van der Waals surface area contributed by atoms with Crippen LogP contribution in [0.25, 0.3) is 0 Å². The highest BCUT2D eigenvalue weighted by Gasteiger charge is 2.34. The van der Waals surface area contributed by atoms with Crippen molar-refractivity contribution in [3.63, 3.8) is 0 Å². The van der Waals surface area contributed by atoms with E-state index in [-0.39, 0.29) is 0 Å². The van der Waals surface area contributed by atoms with Crippen LogP contribution in [0.1, 0.15) is 38.0 Å². The Labute approximate surface area is 162 Å². The summed E-state index contributed by atoms with van der Waals surface area (Å²) in [6.45, 7) is 4.00. The maximum absolute atomic E-state index is 11.6. The molecule has 2 atom stereocenters. The lowest BCUT2D eigenvalue weighted by Gasteiger charge is -2.33. The number of carbonyl (C=O) groups is 3. The fraction of sp³-hybridized carbons (Fsp3) is 0.286. The Bertz CT molecular complexity index is 901. The second kappa shape index (κ2) is 8.12. The molecule has 2 aromatic carbocycles. The van der Waals surface area contributed by atoms with Gasteiger partial charge in [-0.3, -0.25) is 14.4 Å². The maximum atomic E-state index is 11.6. The summed E-state index contributed by atoms with van der Waals surface area (Å²) >= 11 is 0. The maximum Gasteiger partial charge on any atom is 0.308 e. The molecule has 0 unspecified atom stereocenters. The lowest BCUT2D eigenvalue weighted by Crippen LogP contribution is -2.34. The Hall–Kier alpha value is -3.35. The quantitative estimate of drug-likeness (QED) is 0.591. The van der Waals surface area contributed by atoms with Crippen molar-refractivity contribution in [2.24, 2.45) is 0 Å². The molecule has 0 saturated carbocycles. The van der Waals surface area contributed by atoms with Crippen molar-refractivity contribution in [2.75, 3.05) is 0 Å². The molecule has 1 aliphatic rings. The van der Waals surface area contributed by atoms with E-state index in [0.29, 0.717) is 23.7 Å². The van der Waals surface area contributed by atoms with Crippen molar-refractivity contribution in [1.29, 1.82) is 0 Å². The molecule has 28 heavy (non-hydrogen) atoms. The van der Waals surface area contributed by atoms with E-state index in [4.69, 9.17) is 18.9 Å². The van der Waals surface area contributed by atoms with Crippen molar-refractivity contribution in [1.82, 2.24) is 0 Å². The van der Waals surface area contributed by atoms with Gasteiger partial charge in [-0.1, -0.05) is 18.2 Å². The van der Waals surface area contributed by atoms with Crippen molar-refractivity contribution in [3.05, 3.63) is 53.6 Å². The molecule has 146 valence electrons. The van der Waals surface area contributed by atoms with Gasteiger partial charge in [-0.05, 0) is 29.3 Å². The van der Waals surface area contributed by atoms with E-state index in [1.54, 1.807) is 42.5 Å². The number of ether oxygens (including phenoxy) is 4. The van der Waals surface area contributed by atoms with Gasteiger partial charge in [-0.25, -0.2) is 0 Å². The lowest BCUT2D eigenvalue weighted by molar-refractivity contribution is -0.152. The molecule has 1 heterocycles. The van der Waals surface area contributed by atoms with Crippen LogP contribution in [0, 0.1) is 0 Å². The topological polar surface area (TPSA) is 88.1 Å². The van der Waals surface area contributed by atoms with Crippen LogP contribution in [0.3, 0.4) is 0 Å². The van der Waals surface area contributed by atoms with Crippen LogP contribution in [-0.4, -0.2) is 24.0 Å². The van der Waals surface area contributed by atoms with E-state index in [9.17, 15) is 14.4 Å². The minimum absolute atomic E-state index is 0.376. The molecule has 0 fully saturated rings. The third-order valence-corrected chi connectivity index (χ3v) is 4.10. The van der Waals surface area contributed by atoms with Crippen LogP contribution < -0.4 is 14.2 Å². The van der Waals surface area contributed by atoms with Crippen molar-refractivity contribution < 1.29 is 33.3 Å². The van der Waals surface area contributed by atoms with Crippen LogP contribution in [-0.2, 0) is 25.5 Å². The van der Waals surface area contributed by atoms with Crippen molar-refractivity contribution >= 4 is 17.9 Å². The molecule has 0 spiro atoms. The van der Waals surface area contributed by atoms with Crippen LogP contribution in [0.5, 0.6) is 17.2 Å². The first kappa shape index (κ1) is 19.4. The predicted octanol–water partition coefficient (Wildman–Crippen LogP) is 3.15. The number of hydrogen-bond acceptors (Lipinski definition) is 7. The zero-order valence-electron chi connectivity index (χ0n) is 15.8. The van der Waals surface area contributed by atoms with E-state index >= 15 is 0 Å². The minimum Gasteiger partial charge on any atom is -0.481 e. The van der Waals surface area contributed by atoms with E-state index in [2.05, 4.69) is 0 Å². The van der Waals surface area contributed by atoms with Crippen LogP contribution in [0.2, 0.25) is 0 Å². The molecule has 0 radical (unpaired) electrons. The van der Waals surface area contributed by atoms with E-state index in [0.717, 1.165) is 11.1 Å². The van der Waals surface area contributed by atoms with Crippen molar-refractivity contribution in [2.45, 2.75) is 39.4 Å². The van der Waals surface area contributed by atoms with Gasteiger partial charge >= 0.3 is 17.9 Å². The molecule has 0 aliphatic carbocycles. The monoisotopic (exact) mass is 384 g/mol. The Morgan fingerprint density at radius 1 is 0.857 bits per heavy atom. The number of rotatable bonds is 4. The molecular formula is C21H20O7. The average Bonchev–Trinajstić information content (AvgIpc) is 2.60. The second-order valence-electron chi connectivity index (χ2n) is 6.42. The van der Waals surface area contributed by atoms with Gasteiger partial charge in [0.2, 0.25) is 0 Å². The first-order valence-corrected chi connectivity index (χ1v) is 8.75. The van der Waals surface area contributed by atoms with Gasteiger partial charge in [-0.2, -0.15) is 0 Å². The fourth-order valence-electron chi connectivity index (χ4n) is 3.07. The third kappa shape index (κ3) is 4.68. The largest absolute Gasteiger partial charge is 0.481 e. The highest BCUT2D eigenvalue weighted by molar-refractivity contribution is 5.70. The minimum atomic E-state index is -0.560. The highest BCUT2D eigenvalue weighted by atomic mass is 16.6. The summed E-state index contributed by atoms with van der Waals surface area (Å²) in [5, 5.41) is 0. The molecule has 0 N–H and O–H groups in total. The molecular weight excluding hydrogens is 364 g/mol. The molecule has 3 rings (SSSR count).